The lowest BCUT2D eigenvalue weighted by Crippen LogP contribution is -2.01. The van der Waals surface area contributed by atoms with Crippen LogP contribution in [0.25, 0.3) is 0 Å². The van der Waals surface area contributed by atoms with Crippen LogP contribution in [0.4, 0.5) is 0 Å². The van der Waals surface area contributed by atoms with Crippen molar-refractivity contribution >= 4 is 0 Å². The largest absolute Gasteiger partial charge is 0.333 e. The summed E-state index contributed by atoms with van der Waals surface area (Å²) in [5.74, 6) is 0. The van der Waals surface area contributed by atoms with Crippen LogP contribution in [0.15, 0.2) is 0 Å². The molecule has 11 heavy (non-hydrogen) atoms. The summed E-state index contributed by atoms with van der Waals surface area (Å²) in [6, 6.07) is 0. The standard InChI is InChI=1S/C7H14.2CH5N/c1-7(2)5-3-4-6-7;2*1-2/h3-6H2,1-2H3;2*2H2,1H3. The minimum atomic E-state index is 0.694. The zero-order valence-electron chi connectivity index (χ0n) is 8.48. The summed E-state index contributed by atoms with van der Waals surface area (Å²) in [6.07, 6.45) is 5.83. The second-order valence-electron chi connectivity index (χ2n) is 3.37. The van der Waals surface area contributed by atoms with Gasteiger partial charge in [0, 0.05) is 0 Å². The quantitative estimate of drug-likeness (QED) is 0.567. The topological polar surface area (TPSA) is 52.0 Å². The normalized spacial score (nSPS) is 19.1. The minimum absolute atomic E-state index is 0.694. The summed E-state index contributed by atoms with van der Waals surface area (Å²) in [6.45, 7) is 4.72. The van der Waals surface area contributed by atoms with Gasteiger partial charge in [0.1, 0.15) is 0 Å². The Labute approximate surface area is 71.3 Å². The van der Waals surface area contributed by atoms with Crippen molar-refractivity contribution in [1.82, 2.24) is 0 Å². The molecule has 2 heteroatoms. The lowest BCUT2D eigenvalue weighted by Gasteiger charge is -2.13. The third-order valence-corrected chi connectivity index (χ3v) is 1.96. The van der Waals surface area contributed by atoms with E-state index in [0.29, 0.717) is 5.41 Å². The zero-order valence-corrected chi connectivity index (χ0v) is 8.48. The van der Waals surface area contributed by atoms with Crippen LogP contribution in [0.1, 0.15) is 39.5 Å². The van der Waals surface area contributed by atoms with Crippen molar-refractivity contribution in [2.24, 2.45) is 16.9 Å². The predicted molar refractivity (Wildman–Crippen MR) is 52.5 cm³/mol. The van der Waals surface area contributed by atoms with Gasteiger partial charge < -0.3 is 11.5 Å². The van der Waals surface area contributed by atoms with E-state index < -0.39 is 0 Å². The van der Waals surface area contributed by atoms with E-state index in [4.69, 9.17) is 0 Å². The molecule has 0 aliphatic heterocycles. The van der Waals surface area contributed by atoms with Gasteiger partial charge in [0.05, 0.1) is 0 Å². The molecule has 0 amide bonds. The monoisotopic (exact) mass is 160 g/mol. The fourth-order valence-electron chi connectivity index (χ4n) is 1.33. The highest BCUT2D eigenvalue weighted by Crippen LogP contribution is 2.36. The van der Waals surface area contributed by atoms with Crippen molar-refractivity contribution in [3.05, 3.63) is 0 Å². The third kappa shape index (κ3) is 7.82. The first-order valence-electron chi connectivity index (χ1n) is 4.36. The molecule has 2 nitrogen and oxygen atoms in total. The Kier molecular flexibility index (Phi) is 9.85. The highest BCUT2D eigenvalue weighted by Gasteiger charge is 2.21. The van der Waals surface area contributed by atoms with Gasteiger partial charge >= 0.3 is 0 Å². The smallest absolute Gasteiger partial charge is 0.0195 e. The number of hydrogen-bond acceptors (Lipinski definition) is 2. The molecule has 0 aromatic heterocycles. The van der Waals surface area contributed by atoms with Gasteiger partial charge in [0.2, 0.25) is 0 Å². The van der Waals surface area contributed by atoms with Crippen molar-refractivity contribution < 1.29 is 0 Å². The van der Waals surface area contributed by atoms with Gasteiger partial charge in [-0.25, -0.2) is 0 Å². The Hall–Kier alpha value is -0.0800. The summed E-state index contributed by atoms with van der Waals surface area (Å²) in [4.78, 5) is 0. The molecule has 0 saturated heterocycles. The summed E-state index contributed by atoms with van der Waals surface area (Å²) in [5, 5.41) is 0. The van der Waals surface area contributed by atoms with E-state index >= 15 is 0 Å². The molecule has 0 aromatic carbocycles. The van der Waals surface area contributed by atoms with E-state index in [0.717, 1.165) is 0 Å². The van der Waals surface area contributed by atoms with Crippen molar-refractivity contribution in [2.75, 3.05) is 14.1 Å². The van der Waals surface area contributed by atoms with Crippen LogP contribution in [0.3, 0.4) is 0 Å². The zero-order chi connectivity index (χ0) is 9.33. The van der Waals surface area contributed by atoms with Crippen LogP contribution < -0.4 is 11.5 Å². The molecule has 0 radical (unpaired) electrons. The molecule has 70 valence electrons. The third-order valence-electron chi connectivity index (χ3n) is 1.96. The van der Waals surface area contributed by atoms with Gasteiger partial charge in [0.25, 0.3) is 0 Å². The van der Waals surface area contributed by atoms with Crippen molar-refractivity contribution in [3.63, 3.8) is 0 Å². The van der Waals surface area contributed by atoms with Crippen LogP contribution in [0.5, 0.6) is 0 Å². The predicted octanol–water partition coefficient (Wildman–Crippen LogP) is 1.74. The van der Waals surface area contributed by atoms with Crippen molar-refractivity contribution in [3.8, 4) is 0 Å². The molecule has 0 spiro atoms. The molecule has 1 aliphatic carbocycles. The summed E-state index contributed by atoms with van der Waals surface area (Å²) in [7, 11) is 3.00. The molecule has 1 fully saturated rings. The fourth-order valence-corrected chi connectivity index (χ4v) is 1.33. The highest BCUT2D eigenvalue weighted by atomic mass is 14.4. The minimum Gasteiger partial charge on any atom is -0.333 e. The SMILES string of the molecule is CC1(C)CCCC1.CN.CN. The van der Waals surface area contributed by atoms with E-state index in [2.05, 4.69) is 25.3 Å². The molecule has 1 saturated carbocycles. The molecular formula is C9H24N2. The van der Waals surface area contributed by atoms with Crippen LogP contribution in [0.2, 0.25) is 0 Å². The average molecular weight is 160 g/mol. The van der Waals surface area contributed by atoms with Crippen molar-refractivity contribution in [1.29, 1.82) is 0 Å². The van der Waals surface area contributed by atoms with Crippen LogP contribution >= 0.6 is 0 Å². The van der Waals surface area contributed by atoms with Gasteiger partial charge in [-0.3, -0.25) is 0 Å². The first-order chi connectivity index (χ1) is 5.21. The molecule has 0 heterocycles. The molecule has 0 atom stereocenters. The maximum atomic E-state index is 4.50. The lowest BCUT2D eigenvalue weighted by molar-refractivity contribution is 0.382. The highest BCUT2D eigenvalue weighted by molar-refractivity contribution is 4.74. The second-order valence-corrected chi connectivity index (χ2v) is 3.37. The Balaban J connectivity index is 0. The molecule has 1 aliphatic rings. The Bertz CT molecular complexity index is 62.0. The van der Waals surface area contributed by atoms with E-state index in [1.54, 1.807) is 0 Å². The molecule has 0 unspecified atom stereocenters. The van der Waals surface area contributed by atoms with Gasteiger partial charge in [-0.1, -0.05) is 26.7 Å². The molecule has 4 N–H and O–H groups in total. The molecule has 0 aromatic rings. The van der Waals surface area contributed by atoms with E-state index in [1.165, 1.54) is 39.8 Å². The molecule has 1 rings (SSSR count). The van der Waals surface area contributed by atoms with Crippen molar-refractivity contribution in [2.45, 2.75) is 39.5 Å². The van der Waals surface area contributed by atoms with Crippen LogP contribution in [-0.4, -0.2) is 14.1 Å². The summed E-state index contributed by atoms with van der Waals surface area (Å²) >= 11 is 0. The van der Waals surface area contributed by atoms with E-state index in [9.17, 15) is 0 Å². The first kappa shape index (κ1) is 13.5. The summed E-state index contributed by atoms with van der Waals surface area (Å²) in [5.41, 5.74) is 9.69. The van der Waals surface area contributed by atoms with Gasteiger partial charge in [-0.05, 0) is 32.4 Å². The van der Waals surface area contributed by atoms with Gasteiger partial charge in [0.15, 0.2) is 0 Å². The van der Waals surface area contributed by atoms with E-state index in [1.807, 2.05) is 0 Å². The summed E-state index contributed by atoms with van der Waals surface area (Å²) < 4.78 is 0. The maximum absolute atomic E-state index is 4.50. The Morgan fingerprint density at radius 2 is 1.09 bits per heavy atom. The number of hydrogen-bond donors (Lipinski definition) is 2. The first-order valence-corrected chi connectivity index (χ1v) is 4.36. The average Bonchev–Trinajstić information content (AvgIpc) is 2.43. The molecular weight excluding hydrogens is 136 g/mol. The Morgan fingerprint density at radius 1 is 0.818 bits per heavy atom. The van der Waals surface area contributed by atoms with E-state index in [-0.39, 0.29) is 0 Å². The maximum Gasteiger partial charge on any atom is -0.0195 e. The lowest BCUT2D eigenvalue weighted by atomic mass is 9.92. The Morgan fingerprint density at radius 3 is 1.18 bits per heavy atom. The fraction of sp³-hybridized carbons (Fsp3) is 1.00. The van der Waals surface area contributed by atoms with Crippen LogP contribution in [0, 0.1) is 5.41 Å². The number of nitrogens with two attached hydrogens (primary N) is 2. The van der Waals surface area contributed by atoms with Crippen LogP contribution in [-0.2, 0) is 0 Å². The van der Waals surface area contributed by atoms with Gasteiger partial charge in [-0.15, -0.1) is 0 Å². The van der Waals surface area contributed by atoms with Gasteiger partial charge in [-0.2, -0.15) is 0 Å². The second kappa shape index (κ2) is 8.02. The molecule has 0 bridgehead atoms. The number of rotatable bonds is 0.